The van der Waals surface area contributed by atoms with E-state index in [1.54, 1.807) is 12.1 Å². The molecule has 7 heteroatoms. The monoisotopic (exact) mass is 423 g/mol. The number of nitrogens with one attached hydrogen (secondary N) is 1. The highest BCUT2D eigenvalue weighted by atomic mass is 16.5. The quantitative estimate of drug-likeness (QED) is 0.363. The number of aromatic nitrogens is 1. The highest BCUT2D eigenvalue weighted by Gasteiger charge is 2.43. The fourth-order valence-corrected chi connectivity index (χ4v) is 3.68. The minimum Gasteiger partial charge on any atom is -0.872 e. The molecule has 1 aromatic heterocycles. The minimum absolute atomic E-state index is 0.00405. The van der Waals surface area contributed by atoms with Crippen LogP contribution in [-0.4, -0.2) is 55.4 Å². The van der Waals surface area contributed by atoms with E-state index in [1.165, 1.54) is 22.2 Å². The Morgan fingerprint density at radius 3 is 2.42 bits per heavy atom. The maximum absolute atomic E-state index is 13.2. The minimum atomic E-state index is -0.727. The highest BCUT2D eigenvalue weighted by molar-refractivity contribution is 6.46. The number of nitrogens with zero attached hydrogens (tertiary/aromatic N) is 2. The SMILES string of the molecule is CCCOc1ccc(C2/C(=C(\[O-])c3ccncc3)C(=O)C(=O)N2CCC[NH+](C)C)cc1. The van der Waals surface area contributed by atoms with Crippen LogP contribution in [0.3, 0.4) is 0 Å². The largest absolute Gasteiger partial charge is 0.872 e. The first kappa shape index (κ1) is 22.5. The van der Waals surface area contributed by atoms with E-state index in [0.29, 0.717) is 24.5 Å². The zero-order chi connectivity index (χ0) is 22.4. The molecule has 0 aliphatic carbocycles. The first-order valence-electron chi connectivity index (χ1n) is 10.6. The second-order valence-electron chi connectivity index (χ2n) is 7.94. The number of amides is 1. The van der Waals surface area contributed by atoms with Crippen molar-refractivity contribution in [3.8, 4) is 5.75 Å². The Balaban J connectivity index is 2.02. The Morgan fingerprint density at radius 2 is 1.81 bits per heavy atom. The summed E-state index contributed by atoms with van der Waals surface area (Å²) in [7, 11) is 4.07. The lowest BCUT2D eigenvalue weighted by Crippen LogP contribution is -3.05. The molecule has 7 nitrogen and oxygen atoms in total. The summed E-state index contributed by atoms with van der Waals surface area (Å²) in [6.07, 6.45) is 4.63. The highest BCUT2D eigenvalue weighted by Crippen LogP contribution is 2.39. The Bertz CT molecular complexity index is 939. The van der Waals surface area contributed by atoms with Gasteiger partial charge in [-0.25, -0.2) is 0 Å². The Kier molecular flexibility index (Phi) is 7.41. The molecule has 1 aliphatic heterocycles. The zero-order valence-electron chi connectivity index (χ0n) is 18.3. The van der Waals surface area contributed by atoms with E-state index in [-0.39, 0.29) is 5.57 Å². The van der Waals surface area contributed by atoms with Gasteiger partial charge >= 0.3 is 0 Å². The average molecular weight is 424 g/mol. The average Bonchev–Trinajstić information content (AvgIpc) is 3.03. The molecule has 0 spiro atoms. The van der Waals surface area contributed by atoms with E-state index in [0.717, 1.165) is 24.9 Å². The van der Waals surface area contributed by atoms with Crippen LogP contribution in [0.5, 0.6) is 5.75 Å². The van der Waals surface area contributed by atoms with Crippen molar-refractivity contribution in [2.24, 2.45) is 0 Å². The van der Waals surface area contributed by atoms with Crippen LogP contribution in [0.1, 0.15) is 36.9 Å². The van der Waals surface area contributed by atoms with Crippen LogP contribution < -0.4 is 14.7 Å². The van der Waals surface area contributed by atoms with E-state index in [9.17, 15) is 14.7 Å². The van der Waals surface area contributed by atoms with Gasteiger partial charge < -0.3 is 19.6 Å². The third kappa shape index (κ3) is 5.11. The van der Waals surface area contributed by atoms with Crippen LogP contribution in [-0.2, 0) is 9.59 Å². The van der Waals surface area contributed by atoms with Crippen molar-refractivity contribution in [3.63, 3.8) is 0 Å². The second kappa shape index (κ2) is 10.2. The van der Waals surface area contributed by atoms with Crippen molar-refractivity contribution in [2.75, 3.05) is 33.8 Å². The number of hydrogen-bond donors (Lipinski definition) is 1. The van der Waals surface area contributed by atoms with Crippen LogP contribution in [0.25, 0.3) is 5.76 Å². The number of hydrogen-bond acceptors (Lipinski definition) is 5. The number of likely N-dealkylation sites (tertiary alicyclic amines) is 1. The number of carbonyl (C=O) groups excluding carboxylic acids is 2. The fraction of sp³-hybridized carbons (Fsp3) is 0.375. The topological polar surface area (TPSA) is 87.0 Å². The number of pyridine rings is 1. The summed E-state index contributed by atoms with van der Waals surface area (Å²) < 4.78 is 5.65. The molecule has 1 aromatic carbocycles. The van der Waals surface area contributed by atoms with Gasteiger partial charge in [-0.1, -0.05) is 24.8 Å². The smallest absolute Gasteiger partial charge is 0.295 e. The predicted octanol–water partition coefficient (Wildman–Crippen LogP) is 0.629. The van der Waals surface area contributed by atoms with Crippen molar-refractivity contribution in [1.82, 2.24) is 9.88 Å². The molecule has 31 heavy (non-hydrogen) atoms. The maximum Gasteiger partial charge on any atom is 0.295 e. The summed E-state index contributed by atoms with van der Waals surface area (Å²) in [5, 5.41) is 13.2. The summed E-state index contributed by atoms with van der Waals surface area (Å²) >= 11 is 0. The summed E-state index contributed by atoms with van der Waals surface area (Å²) in [6.45, 7) is 3.89. The number of ketones is 1. The van der Waals surface area contributed by atoms with Crippen molar-refractivity contribution in [2.45, 2.75) is 25.8 Å². The second-order valence-corrected chi connectivity index (χ2v) is 7.94. The molecule has 1 saturated heterocycles. The van der Waals surface area contributed by atoms with Crippen molar-refractivity contribution in [3.05, 3.63) is 65.5 Å². The van der Waals surface area contributed by atoms with Gasteiger partial charge in [-0.05, 0) is 41.8 Å². The van der Waals surface area contributed by atoms with Crippen molar-refractivity contribution >= 4 is 17.4 Å². The van der Waals surface area contributed by atoms with Gasteiger partial charge in [0.1, 0.15) is 5.75 Å². The lowest BCUT2D eigenvalue weighted by atomic mass is 9.95. The summed E-state index contributed by atoms with van der Waals surface area (Å²) in [4.78, 5) is 32.5. The van der Waals surface area contributed by atoms with Gasteiger partial charge in [-0.2, -0.15) is 0 Å². The number of ether oxygens (including phenoxy) is 1. The number of benzene rings is 1. The van der Waals surface area contributed by atoms with Crippen LogP contribution in [0, 0.1) is 0 Å². The zero-order valence-corrected chi connectivity index (χ0v) is 18.3. The Labute approximate surface area is 183 Å². The molecule has 3 rings (SSSR count). The van der Waals surface area contributed by atoms with Gasteiger partial charge in [-0.15, -0.1) is 0 Å². The Hall–Kier alpha value is -3.19. The van der Waals surface area contributed by atoms with Crippen molar-refractivity contribution < 1.29 is 24.3 Å². The summed E-state index contributed by atoms with van der Waals surface area (Å²) in [6, 6.07) is 9.69. The Morgan fingerprint density at radius 1 is 1.13 bits per heavy atom. The van der Waals surface area contributed by atoms with Gasteiger partial charge in [0, 0.05) is 30.9 Å². The van der Waals surface area contributed by atoms with E-state index in [1.807, 2.05) is 45.3 Å². The van der Waals surface area contributed by atoms with Crippen LogP contribution in [0.2, 0.25) is 0 Å². The van der Waals surface area contributed by atoms with Gasteiger partial charge in [0.05, 0.1) is 33.3 Å². The van der Waals surface area contributed by atoms with Crippen LogP contribution >= 0.6 is 0 Å². The number of Topliss-reactive ketones (excluding diaryl/α,β-unsaturated/α-hetero) is 1. The van der Waals surface area contributed by atoms with Gasteiger partial charge in [0.15, 0.2) is 0 Å². The third-order valence-corrected chi connectivity index (χ3v) is 5.22. The molecule has 1 amide bonds. The van der Waals surface area contributed by atoms with Gasteiger partial charge in [0.25, 0.3) is 5.91 Å². The van der Waals surface area contributed by atoms with Gasteiger partial charge in [-0.3, -0.25) is 14.6 Å². The fourth-order valence-electron chi connectivity index (χ4n) is 3.68. The molecule has 2 heterocycles. The first-order chi connectivity index (χ1) is 14.9. The summed E-state index contributed by atoms with van der Waals surface area (Å²) in [5.41, 5.74) is 1.06. The molecule has 0 radical (unpaired) electrons. The maximum atomic E-state index is 13.2. The predicted molar refractivity (Wildman–Crippen MR) is 115 cm³/mol. The van der Waals surface area contributed by atoms with Crippen LogP contribution in [0.15, 0.2) is 54.4 Å². The van der Waals surface area contributed by atoms with Crippen molar-refractivity contribution in [1.29, 1.82) is 0 Å². The van der Waals surface area contributed by atoms with E-state index in [4.69, 9.17) is 4.74 Å². The molecule has 0 saturated carbocycles. The molecule has 1 fully saturated rings. The van der Waals surface area contributed by atoms with E-state index < -0.39 is 23.5 Å². The lowest BCUT2D eigenvalue weighted by Gasteiger charge is -2.27. The molecular weight excluding hydrogens is 394 g/mol. The van der Waals surface area contributed by atoms with E-state index >= 15 is 0 Å². The molecule has 0 bridgehead atoms. The molecule has 164 valence electrons. The van der Waals surface area contributed by atoms with Crippen LogP contribution in [0.4, 0.5) is 0 Å². The molecule has 1 N–H and O–H groups in total. The number of rotatable bonds is 9. The normalized spacial score (nSPS) is 18.1. The molecule has 2 aromatic rings. The number of quaternary nitrogens is 1. The molecular formula is C24H29N3O4. The van der Waals surface area contributed by atoms with Gasteiger partial charge in [0.2, 0.25) is 5.78 Å². The van der Waals surface area contributed by atoms with E-state index in [2.05, 4.69) is 4.98 Å². The molecule has 1 atom stereocenters. The molecule has 1 unspecified atom stereocenters. The molecule has 1 aliphatic rings. The first-order valence-corrected chi connectivity index (χ1v) is 10.6. The third-order valence-electron chi connectivity index (χ3n) is 5.22. The number of carbonyl (C=O) groups is 2. The summed E-state index contributed by atoms with van der Waals surface area (Å²) in [5.74, 6) is -1.07. The lowest BCUT2D eigenvalue weighted by molar-refractivity contribution is -0.858. The standard InChI is InChI=1S/C24H29N3O4/c1-4-16-31-19-8-6-17(7-9-19)21-20(22(28)18-10-12-25-13-11-18)23(29)24(30)27(21)15-5-14-26(2)3/h6-13,21,28H,4-5,14-16H2,1-3H3/b22-20+.